The number of ether oxygens (including phenoxy) is 2. The quantitative estimate of drug-likeness (QED) is 0.403. The molecule has 0 aliphatic carbocycles. The summed E-state index contributed by atoms with van der Waals surface area (Å²) in [5, 5.41) is 0. The minimum atomic E-state index is -4.32. The number of alkyl halides is 1. The van der Waals surface area contributed by atoms with Crippen LogP contribution in [0, 0.1) is 0 Å². The zero-order valence-corrected chi connectivity index (χ0v) is 12.9. The molecular formula is C12H19FO7S. The van der Waals surface area contributed by atoms with Gasteiger partial charge in [-0.05, 0) is 20.3 Å². The highest BCUT2D eigenvalue weighted by Crippen LogP contribution is 2.24. The van der Waals surface area contributed by atoms with Crippen LogP contribution in [0.4, 0.5) is 4.39 Å². The van der Waals surface area contributed by atoms with E-state index in [2.05, 4.69) is 11.3 Å². The average Bonchev–Trinajstić information content (AvgIpc) is 2.33. The Morgan fingerprint density at radius 3 is 2.33 bits per heavy atom. The molecule has 0 bridgehead atoms. The Balaban J connectivity index is 4.77. The molecule has 0 aliphatic heterocycles. The van der Waals surface area contributed by atoms with Crippen LogP contribution < -0.4 is 0 Å². The zero-order valence-electron chi connectivity index (χ0n) is 12.1. The predicted molar refractivity (Wildman–Crippen MR) is 71.9 cm³/mol. The van der Waals surface area contributed by atoms with E-state index in [0.29, 0.717) is 0 Å². The van der Waals surface area contributed by atoms with Crippen molar-refractivity contribution in [1.82, 2.24) is 0 Å². The third kappa shape index (κ3) is 6.67. The lowest BCUT2D eigenvalue weighted by Gasteiger charge is -2.27. The van der Waals surface area contributed by atoms with E-state index in [4.69, 9.17) is 9.29 Å². The highest BCUT2D eigenvalue weighted by molar-refractivity contribution is 7.85. The number of esters is 2. The van der Waals surface area contributed by atoms with E-state index in [0.717, 1.165) is 6.92 Å². The molecule has 0 aromatic heterocycles. The monoisotopic (exact) mass is 326 g/mol. The lowest BCUT2D eigenvalue weighted by Crippen LogP contribution is -2.46. The summed E-state index contributed by atoms with van der Waals surface area (Å²) in [7, 11) is -4.32. The molecule has 0 saturated heterocycles. The van der Waals surface area contributed by atoms with E-state index in [9.17, 15) is 22.4 Å². The molecule has 0 aromatic carbocycles. The molecule has 0 aliphatic rings. The normalized spacial score (nSPS) is 15.7. The molecule has 2 atom stereocenters. The Labute approximate surface area is 122 Å². The number of hydrogen-bond donors (Lipinski definition) is 1. The van der Waals surface area contributed by atoms with Gasteiger partial charge in [0, 0.05) is 5.57 Å². The fraction of sp³-hybridized carbons (Fsp3) is 0.667. The van der Waals surface area contributed by atoms with Gasteiger partial charge in [0.15, 0.2) is 0 Å². The van der Waals surface area contributed by atoms with Gasteiger partial charge in [0.1, 0.15) is 18.5 Å². The first-order valence-corrected chi connectivity index (χ1v) is 7.70. The number of rotatable bonds is 8. The van der Waals surface area contributed by atoms with E-state index < -0.39 is 46.2 Å². The molecule has 1 N–H and O–H groups in total. The van der Waals surface area contributed by atoms with Gasteiger partial charge in [-0.2, -0.15) is 8.42 Å². The molecule has 0 aromatic rings. The Bertz CT molecular complexity index is 510. The average molecular weight is 326 g/mol. The standard InChI is InChI=1S/C12H19FO7S/c1-5-9(20-10(14)8(2)3)12(4,13)11(15)19-6-7-21(16,17)18/h9H,2,5-7H2,1,3-4H3,(H,16,17,18). The van der Waals surface area contributed by atoms with Gasteiger partial charge in [0.2, 0.25) is 5.67 Å². The maximum Gasteiger partial charge on any atom is 0.347 e. The van der Waals surface area contributed by atoms with E-state index in [-0.39, 0.29) is 12.0 Å². The first-order valence-electron chi connectivity index (χ1n) is 6.09. The molecule has 0 rings (SSSR count). The minimum absolute atomic E-state index is 0.000577. The molecule has 0 fully saturated rings. The first kappa shape index (κ1) is 19.5. The molecule has 7 nitrogen and oxygen atoms in total. The van der Waals surface area contributed by atoms with Crippen LogP contribution in [0.2, 0.25) is 0 Å². The van der Waals surface area contributed by atoms with Crippen LogP contribution in [-0.2, 0) is 29.2 Å². The molecule has 0 amide bonds. The van der Waals surface area contributed by atoms with Crippen LogP contribution in [0.5, 0.6) is 0 Å². The molecule has 2 unspecified atom stereocenters. The lowest BCUT2D eigenvalue weighted by atomic mass is 9.99. The van der Waals surface area contributed by atoms with Gasteiger partial charge in [0.25, 0.3) is 10.1 Å². The first-order chi connectivity index (χ1) is 9.41. The number of carbonyl (C=O) groups is 2. The van der Waals surface area contributed by atoms with Gasteiger partial charge in [-0.1, -0.05) is 13.5 Å². The summed E-state index contributed by atoms with van der Waals surface area (Å²) in [6.45, 7) is 6.37. The number of halogens is 1. The van der Waals surface area contributed by atoms with Crippen molar-refractivity contribution in [2.24, 2.45) is 0 Å². The van der Waals surface area contributed by atoms with Crippen LogP contribution in [0.3, 0.4) is 0 Å². The smallest absolute Gasteiger partial charge is 0.347 e. The van der Waals surface area contributed by atoms with Crippen LogP contribution in [-0.4, -0.2) is 49.0 Å². The number of hydrogen-bond acceptors (Lipinski definition) is 6. The third-order valence-corrected chi connectivity index (χ3v) is 3.23. The second-order valence-electron chi connectivity index (χ2n) is 4.58. The zero-order chi connectivity index (χ0) is 16.8. The third-order valence-electron chi connectivity index (χ3n) is 2.55. The van der Waals surface area contributed by atoms with Crippen molar-refractivity contribution in [2.75, 3.05) is 12.4 Å². The molecular weight excluding hydrogens is 307 g/mol. The van der Waals surface area contributed by atoms with Crippen molar-refractivity contribution in [1.29, 1.82) is 0 Å². The van der Waals surface area contributed by atoms with Crippen LogP contribution in [0.25, 0.3) is 0 Å². The second kappa shape index (κ2) is 7.51. The largest absolute Gasteiger partial charge is 0.462 e. The molecule has 0 saturated carbocycles. The maximum atomic E-state index is 14.4. The summed E-state index contributed by atoms with van der Waals surface area (Å²) in [4.78, 5) is 23.0. The second-order valence-corrected chi connectivity index (χ2v) is 6.15. The summed E-state index contributed by atoms with van der Waals surface area (Å²) in [6, 6.07) is 0. The lowest BCUT2D eigenvalue weighted by molar-refractivity contribution is -0.172. The Morgan fingerprint density at radius 2 is 1.95 bits per heavy atom. The van der Waals surface area contributed by atoms with E-state index in [1.165, 1.54) is 13.8 Å². The van der Waals surface area contributed by atoms with Crippen molar-refractivity contribution in [2.45, 2.75) is 39.0 Å². The molecule has 0 radical (unpaired) electrons. The predicted octanol–water partition coefficient (Wildman–Crippen LogP) is 1.04. The van der Waals surface area contributed by atoms with Gasteiger partial charge >= 0.3 is 11.9 Å². The Kier molecular flexibility index (Phi) is 6.98. The molecule has 0 heterocycles. The van der Waals surface area contributed by atoms with E-state index in [1.807, 2.05) is 0 Å². The summed E-state index contributed by atoms with van der Waals surface area (Å²) in [6.07, 6.45) is -1.40. The fourth-order valence-corrected chi connectivity index (χ4v) is 1.61. The van der Waals surface area contributed by atoms with Crippen molar-refractivity contribution in [3.05, 3.63) is 12.2 Å². The van der Waals surface area contributed by atoms with Crippen molar-refractivity contribution >= 4 is 22.1 Å². The van der Waals surface area contributed by atoms with E-state index in [1.54, 1.807) is 0 Å². The van der Waals surface area contributed by atoms with Gasteiger partial charge in [0.05, 0.1) is 0 Å². The van der Waals surface area contributed by atoms with Gasteiger partial charge in [-0.3, -0.25) is 4.55 Å². The highest BCUT2D eigenvalue weighted by Gasteiger charge is 2.45. The van der Waals surface area contributed by atoms with Crippen LogP contribution >= 0.6 is 0 Å². The SMILES string of the molecule is C=C(C)C(=O)OC(CC)C(C)(F)C(=O)OCCS(=O)(=O)O. The maximum absolute atomic E-state index is 14.4. The van der Waals surface area contributed by atoms with Crippen molar-refractivity contribution in [3.8, 4) is 0 Å². The molecule has 122 valence electrons. The number of carbonyl (C=O) groups excluding carboxylic acids is 2. The summed E-state index contributed by atoms with van der Waals surface area (Å²) in [5.74, 6) is -3.08. The highest BCUT2D eigenvalue weighted by atomic mass is 32.2. The summed E-state index contributed by atoms with van der Waals surface area (Å²) < 4.78 is 53.1. The van der Waals surface area contributed by atoms with Gasteiger partial charge < -0.3 is 9.47 Å². The van der Waals surface area contributed by atoms with Crippen molar-refractivity contribution < 1.29 is 36.4 Å². The van der Waals surface area contributed by atoms with Crippen molar-refractivity contribution in [3.63, 3.8) is 0 Å². The Morgan fingerprint density at radius 1 is 1.43 bits per heavy atom. The molecule has 9 heteroatoms. The topological polar surface area (TPSA) is 107 Å². The minimum Gasteiger partial charge on any atom is -0.462 e. The Hall–Kier alpha value is -1.48. The summed E-state index contributed by atoms with van der Waals surface area (Å²) >= 11 is 0. The van der Waals surface area contributed by atoms with Crippen LogP contribution in [0.1, 0.15) is 27.2 Å². The fourth-order valence-electron chi connectivity index (χ4n) is 1.32. The van der Waals surface area contributed by atoms with Gasteiger partial charge in [-0.25, -0.2) is 14.0 Å². The van der Waals surface area contributed by atoms with Crippen LogP contribution in [0.15, 0.2) is 12.2 Å². The molecule has 0 spiro atoms. The van der Waals surface area contributed by atoms with Gasteiger partial charge in [-0.15, -0.1) is 0 Å². The summed E-state index contributed by atoms with van der Waals surface area (Å²) in [5.41, 5.74) is -2.61. The molecule has 21 heavy (non-hydrogen) atoms. The van der Waals surface area contributed by atoms with E-state index >= 15 is 0 Å².